The lowest BCUT2D eigenvalue weighted by atomic mass is 10.1. The molecule has 0 bridgehead atoms. The standard InChI is InChI=1S/C19H22N2O4/c1-13(14-7-5-4-6-8-14)20-18(22)12-19(23)21-16-11-15(24-2)9-10-17(16)25-3/h4-11,13H,12H2,1-3H3,(H,20,22)(H,21,23). The van der Waals surface area contributed by atoms with Gasteiger partial charge in [0.2, 0.25) is 11.8 Å². The van der Waals surface area contributed by atoms with Crippen molar-refractivity contribution in [1.82, 2.24) is 5.32 Å². The zero-order valence-corrected chi connectivity index (χ0v) is 14.5. The molecule has 0 heterocycles. The fraction of sp³-hybridized carbons (Fsp3) is 0.263. The van der Waals surface area contributed by atoms with Crippen molar-refractivity contribution in [2.45, 2.75) is 19.4 Å². The summed E-state index contributed by atoms with van der Waals surface area (Å²) in [5.41, 5.74) is 1.43. The van der Waals surface area contributed by atoms with E-state index in [0.717, 1.165) is 5.56 Å². The SMILES string of the molecule is COc1ccc(OC)c(NC(=O)CC(=O)NC(C)c2ccccc2)c1. The number of amides is 2. The summed E-state index contributed by atoms with van der Waals surface area (Å²) in [6, 6.07) is 14.4. The van der Waals surface area contributed by atoms with Gasteiger partial charge >= 0.3 is 0 Å². The molecule has 1 unspecified atom stereocenters. The number of anilines is 1. The quantitative estimate of drug-likeness (QED) is 0.759. The molecule has 2 N–H and O–H groups in total. The minimum atomic E-state index is -0.427. The van der Waals surface area contributed by atoms with Gasteiger partial charge in [-0.25, -0.2) is 0 Å². The number of hydrogen-bond donors (Lipinski definition) is 2. The lowest BCUT2D eigenvalue weighted by Crippen LogP contribution is -2.30. The van der Waals surface area contributed by atoms with Crippen LogP contribution >= 0.6 is 0 Å². The first-order chi connectivity index (χ1) is 12.0. The number of nitrogens with one attached hydrogen (secondary N) is 2. The van der Waals surface area contributed by atoms with Crippen LogP contribution < -0.4 is 20.1 Å². The third-order valence-corrected chi connectivity index (χ3v) is 3.68. The van der Waals surface area contributed by atoms with Crippen LogP contribution in [0.2, 0.25) is 0 Å². The summed E-state index contributed by atoms with van der Waals surface area (Å²) in [5, 5.41) is 5.48. The largest absolute Gasteiger partial charge is 0.497 e. The molecular formula is C19H22N2O4. The molecular weight excluding hydrogens is 320 g/mol. The van der Waals surface area contributed by atoms with E-state index >= 15 is 0 Å². The Labute approximate surface area is 147 Å². The predicted octanol–water partition coefficient (Wildman–Crippen LogP) is 2.91. The van der Waals surface area contributed by atoms with Gasteiger partial charge in [0.15, 0.2) is 0 Å². The molecule has 0 aliphatic heterocycles. The molecule has 0 aromatic heterocycles. The van der Waals surface area contributed by atoms with Gasteiger partial charge < -0.3 is 20.1 Å². The fourth-order valence-electron chi connectivity index (χ4n) is 2.37. The molecule has 1 atom stereocenters. The van der Waals surface area contributed by atoms with Gasteiger partial charge in [0.05, 0.1) is 25.9 Å². The minimum Gasteiger partial charge on any atom is -0.497 e. The van der Waals surface area contributed by atoms with Gasteiger partial charge in [0, 0.05) is 6.07 Å². The molecule has 2 amide bonds. The Morgan fingerprint density at radius 3 is 2.36 bits per heavy atom. The Morgan fingerprint density at radius 2 is 1.72 bits per heavy atom. The molecule has 0 radical (unpaired) electrons. The monoisotopic (exact) mass is 342 g/mol. The van der Waals surface area contributed by atoms with E-state index in [0.29, 0.717) is 17.2 Å². The molecule has 6 nitrogen and oxygen atoms in total. The van der Waals surface area contributed by atoms with E-state index in [9.17, 15) is 9.59 Å². The number of benzene rings is 2. The van der Waals surface area contributed by atoms with Crippen LogP contribution in [0, 0.1) is 0 Å². The summed E-state index contributed by atoms with van der Waals surface area (Å²) in [6.45, 7) is 1.87. The van der Waals surface area contributed by atoms with E-state index < -0.39 is 5.91 Å². The van der Waals surface area contributed by atoms with Crippen molar-refractivity contribution in [2.75, 3.05) is 19.5 Å². The normalized spacial score (nSPS) is 11.3. The van der Waals surface area contributed by atoms with Crippen molar-refractivity contribution in [3.63, 3.8) is 0 Å². The zero-order valence-electron chi connectivity index (χ0n) is 14.5. The number of hydrogen-bond acceptors (Lipinski definition) is 4. The van der Waals surface area contributed by atoms with Crippen molar-refractivity contribution in [3.8, 4) is 11.5 Å². The van der Waals surface area contributed by atoms with Crippen LogP contribution in [-0.2, 0) is 9.59 Å². The van der Waals surface area contributed by atoms with Gasteiger partial charge in [-0.05, 0) is 24.6 Å². The van der Waals surface area contributed by atoms with Crippen molar-refractivity contribution < 1.29 is 19.1 Å². The molecule has 132 valence electrons. The molecule has 0 aliphatic carbocycles. The highest BCUT2D eigenvalue weighted by molar-refractivity contribution is 6.04. The maximum atomic E-state index is 12.1. The van der Waals surface area contributed by atoms with Crippen molar-refractivity contribution in [1.29, 1.82) is 0 Å². The Kier molecular flexibility index (Phi) is 6.39. The number of carbonyl (C=O) groups is 2. The molecule has 2 aromatic carbocycles. The number of ether oxygens (including phenoxy) is 2. The minimum absolute atomic E-state index is 0.173. The summed E-state index contributed by atoms with van der Waals surface area (Å²) >= 11 is 0. The third-order valence-electron chi connectivity index (χ3n) is 3.68. The lowest BCUT2D eigenvalue weighted by Gasteiger charge is -2.15. The van der Waals surface area contributed by atoms with Crippen LogP contribution in [0.25, 0.3) is 0 Å². The first-order valence-corrected chi connectivity index (χ1v) is 7.89. The highest BCUT2D eigenvalue weighted by Crippen LogP contribution is 2.28. The van der Waals surface area contributed by atoms with E-state index in [2.05, 4.69) is 10.6 Å². The Balaban J connectivity index is 1.94. The third kappa shape index (κ3) is 5.24. The molecule has 25 heavy (non-hydrogen) atoms. The summed E-state index contributed by atoms with van der Waals surface area (Å²) in [5.74, 6) is 0.297. The van der Waals surface area contributed by atoms with Gasteiger partial charge in [-0.15, -0.1) is 0 Å². The highest BCUT2D eigenvalue weighted by atomic mass is 16.5. The molecule has 2 rings (SSSR count). The van der Waals surface area contributed by atoms with Gasteiger partial charge in [0.25, 0.3) is 0 Å². The fourth-order valence-corrected chi connectivity index (χ4v) is 2.37. The smallest absolute Gasteiger partial charge is 0.233 e. The average Bonchev–Trinajstić information content (AvgIpc) is 2.62. The second-order valence-corrected chi connectivity index (χ2v) is 5.49. The first-order valence-electron chi connectivity index (χ1n) is 7.89. The topological polar surface area (TPSA) is 76.7 Å². The van der Waals surface area contributed by atoms with Gasteiger partial charge in [-0.3, -0.25) is 9.59 Å². The van der Waals surface area contributed by atoms with Gasteiger partial charge in [-0.1, -0.05) is 30.3 Å². The van der Waals surface area contributed by atoms with Crippen LogP contribution in [0.15, 0.2) is 48.5 Å². The predicted molar refractivity (Wildman–Crippen MR) is 95.8 cm³/mol. The summed E-state index contributed by atoms with van der Waals surface area (Å²) in [7, 11) is 3.04. The summed E-state index contributed by atoms with van der Waals surface area (Å²) in [4.78, 5) is 24.2. The van der Waals surface area contributed by atoms with E-state index in [4.69, 9.17) is 9.47 Å². The zero-order chi connectivity index (χ0) is 18.2. The van der Waals surface area contributed by atoms with Crippen molar-refractivity contribution in [2.24, 2.45) is 0 Å². The van der Waals surface area contributed by atoms with Crippen LogP contribution in [0.1, 0.15) is 24.9 Å². The van der Waals surface area contributed by atoms with E-state index in [1.807, 2.05) is 37.3 Å². The molecule has 6 heteroatoms. The second kappa shape index (κ2) is 8.73. The summed E-state index contributed by atoms with van der Waals surface area (Å²) in [6.07, 6.45) is -0.280. The van der Waals surface area contributed by atoms with Gasteiger partial charge in [-0.2, -0.15) is 0 Å². The van der Waals surface area contributed by atoms with Crippen LogP contribution in [0.3, 0.4) is 0 Å². The number of rotatable bonds is 7. The molecule has 0 spiro atoms. The Bertz CT molecular complexity index is 731. The maximum absolute atomic E-state index is 12.1. The lowest BCUT2D eigenvalue weighted by molar-refractivity contribution is -0.127. The molecule has 0 aliphatic rings. The maximum Gasteiger partial charge on any atom is 0.233 e. The van der Waals surface area contributed by atoms with E-state index in [1.54, 1.807) is 18.2 Å². The Morgan fingerprint density at radius 1 is 1.00 bits per heavy atom. The second-order valence-electron chi connectivity index (χ2n) is 5.49. The number of methoxy groups -OCH3 is 2. The molecule has 0 saturated heterocycles. The highest BCUT2D eigenvalue weighted by Gasteiger charge is 2.15. The Hall–Kier alpha value is -3.02. The average molecular weight is 342 g/mol. The van der Waals surface area contributed by atoms with Gasteiger partial charge in [0.1, 0.15) is 17.9 Å². The number of carbonyl (C=O) groups excluding carboxylic acids is 2. The van der Waals surface area contributed by atoms with E-state index in [1.165, 1.54) is 14.2 Å². The van der Waals surface area contributed by atoms with Crippen LogP contribution in [0.4, 0.5) is 5.69 Å². The van der Waals surface area contributed by atoms with Crippen LogP contribution in [-0.4, -0.2) is 26.0 Å². The molecule has 2 aromatic rings. The van der Waals surface area contributed by atoms with Crippen LogP contribution in [0.5, 0.6) is 11.5 Å². The van der Waals surface area contributed by atoms with E-state index in [-0.39, 0.29) is 18.4 Å². The molecule has 0 saturated carbocycles. The van der Waals surface area contributed by atoms with Crippen molar-refractivity contribution in [3.05, 3.63) is 54.1 Å². The molecule has 0 fully saturated rings. The first kappa shape index (κ1) is 18.3. The van der Waals surface area contributed by atoms with Crippen molar-refractivity contribution >= 4 is 17.5 Å². The summed E-state index contributed by atoms with van der Waals surface area (Å²) < 4.78 is 10.3.